The quantitative estimate of drug-likeness (QED) is 0.659. The van der Waals surface area contributed by atoms with Crippen LogP contribution in [0.4, 0.5) is 28.0 Å². The smallest absolute Gasteiger partial charge is 0.317 e. The minimum Gasteiger partial charge on any atom is -0.317 e. The van der Waals surface area contributed by atoms with Crippen molar-refractivity contribution in [3.8, 4) is 0 Å². The van der Waals surface area contributed by atoms with E-state index >= 15 is 0 Å². The van der Waals surface area contributed by atoms with E-state index in [0.29, 0.717) is 48.6 Å². The van der Waals surface area contributed by atoms with Crippen molar-refractivity contribution < 1.29 is 32.0 Å². The summed E-state index contributed by atoms with van der Waals surface area (Å²) in [5.41, 5.74) is -0.0859. The molecule has 2 aliphatic heterocycles. The van der Waals surface area contributed by atoms with E-state index in [1.165, 1.54) is 11.9 Å². The van der Waals surface area contributed by atoms with Crippen LogP contribution in [0.25, 0.3) is 0 Å². The Kier molecular flexibility index (Phi) is 6.49. The Bertz CT molecular complexity index is 1150. The number of hydroxylamine groups is 2. The summed E-state index contributed by atoms with van der Waals surface area (Å²) >= 11 is 0. The maximum Gasteiger partial charge on any atom is 0.419 e. The number of nitrogens with zero attached hydrogens (tertiary/aromatic N) is 5. The summed E-state index contributed by atoms with van der Waals surface area (Å²) in [4.78, 5) is 35.2. The maximum absolute atomic E-state index is 13.6. The zero-order valence-electron chi connectivity index (χ0n) is 19.7. The highest BCUT2D eigenvalue weighted by Crippen LogP contribution is 2.34. The number of benzene rings is 1. The fraction of sp³-hybridized carbons (Fsp3) is 0.500. The van der Waals surface area contributed by atoms with Gasteiger partial charge < -0.3 is 15.1 Å². The van der Waals surface area contributed by atoms with E-state index in [0.717, 1.165) is 11.1 Å². The van der Waals surface area contributed by atoms with Gasteiger partial charge in [0.2, 0.25) is 0 Å². The molecule has 2 aliphatic rings. The number of aromatic nitrogens is 2. The first-order valence-electron chi connectivity index (χ1n) is 11.0. The molecule has 0 saturated carbocycles. The molecule has 4 rings (SSSR count). The standard InChI is InChI=1S/C22H26F4N6O3/c1-12-7-18-15(19-20(33)30(4)35-14(9-29(2)3)10-32(19)28-18)11-31(12)21(34)27-13-5-6-17(23)16(8-13)22(24,25)26/h5-6,8,12,14H,7,9-11H2,1-4H3,(H,27,34)/t12-,14?/m1/s1. The molecular formula is C22H26F4N6O3. The van der Waals surface area contributed by atoms with Crippen LogP contribution in [-0.2, 0) is 30.5 Å². The number of fused-ring (bicyclic) bond motifs is 3. The Morgan fingerprint density at radius 3 is 2.69 bits per heavy atom. The van der Waals surface area contributed by atoms with Crippen LogP contribution in [0.3, 0.4) is 0 Å². The molecule has 0 fully saturated rings. The lowest BCUT2D eigenvalue weighted by molar-refractivity contribution is -0.152. The van der Waals surface area contributed by atoms with E-state index in [2.05, 4.69) is 10.4 Å². The van der Waals surface area contributed by atoms with Crippen molar-refractivity contribution in [3.05, 3.63) is 46.5 Å². The van der Waals surface area contributed by atoms with Crippen molar-refractivity contribution in [2.75, 3.05) is 33.0 Å². The minimum atomic E-state index is -4.90. The van der Waals surface area contributed by atoms with Crippen LogP contribution < -0.4 is 5.32 Å². The Morgan fingerprint density at radius 1 is 1.31 bits per heavy atom. The Morgan fingerprint density at radius 2 is 2.03 bits per heavy atom. The van der Waals surface area contributed by atoms with E-state index in [-0.39, 0.29) is 24.4 Å². The van der Waals surface area contributed by atoms with E-state index in [4.69, 9.17) is 4.84 Å². The number of urea groups is 1. The highest BCUT2D eigenvalue weighted by molar-refractivity contribution is 5.94. The molecule has 1 unspecified atom stereocenters. The van der Waals surface area contributed by atoms with Crippen LogP contribution in [0.2, 0.25) is 0 Å². The second-order valence-corrected chi connectivity index (χ2v) is 9.05. The van der Waals surface area contributed by atoms with Gasteiger partial charge in [0.15, 0.2) is 0 Å². The Labute approximate surface area is 199 Å². The summed E-state index contributed by atoms with van der Waals surface area (Å²) in [5.74, 6) is -1.82. The molecule has 35 heavy (non-hydrogen) atoms. The highest BCUT2D eigenvalue weighted by Gasteiger charge is 2.38. The summed E-state index contributed by atoms with van der Waals surface area (Å²) in [6, 6.07) is 1.27. The molecule has 2 atom stereocenters. The molecule has 0 bridgehead atoms. The van der Waals surface area contributed by atoms with Crippen LogP contribution in [0.1, 0.15) is 34.2 Å². The summed E-state index contributed by atoms with van der Waals surface area (Å²) in [7, 11) is 5.30. The number of hydrogen-bond donors (Lipinski definition) is 1. The van der Waals surface area contributed by atoms with Crippen molar-refractivity contribution in [1.82, 2.24) is 24.6 Å². The van der Waals surface area contributed by atoms with E-state index in [1.807, 2.05) is 19.0 Å². The molecule has 1 aromatic carbocycles. The molecule has 2 aromatic rings. The molecule has 9 nitrogen and oxygen atoms in total. The van der Waals surface area contributed by atoms with E-state index in [9.17, 15) is 27.2 Å². The fourth-order valence-corrected chi connectivity index (χ4v) is 4.40. The number of carbonyl (C=O) groups excluding carboxylic acids is 2. The predicted molar refractivity (Wildman–Crippen MR) is 117 cm³/mol. The minimum absolute atomic E-state index is 0.0307. The molecule has 13 heteroatoms. The number of carbonyl (C=O) groups is 2. The van der Waals surface area contributed by atoms with Gasteiger partial charge in [-0.3, -0.25) is 14.3 Å². The number of rotatable bonds is 3. The van der Waals surface area contributed by atoms with Gasteiger partial charge in [0.1, 0.15) is 17.6 Å². The molecule has 3 amide bonds. The topological polar surface area (TPSA) is 82.9 Å². The first-order valence-corrected chi connectivity index (χ1v) is 11.0. The second kappa shape index (κ2) is 9.11. The molecular weight excluding hydrogens is 472 g/mol. The largest absolute Gasteiger partial charge is 0.419 e. The molecule has 0 aliphatic carbocycles. The molecule has 1 N–H and O–H groups in total. The van der Waals surface area contributed by atoms with Gasteiger partial charge in [0.05, 0.1) is 24.3 Å². The second-order valence-electron chi connectivity index (χ2n) is 9.05. The van der Waals surface area contributed by atoms with Crippen LogP contribution in [0.5, 0.6) is 0 Å². The van der Waals surface area contributed by atoms with Gasteiger partial charge in [-0.05, 0) is 39.2 Å². The first-order chi connectivity index (χ1) is 16.3. The third-order valence-electron chi connectivity index (χ3n) is 6.01. The zero-order valence-corrected chi connectivity index (χ0v) is 19.7. The molecule has 3 heterocycles. The van der Waals surface area contributed by atoms with E-state index in [1.54, 1.807) is 11.6 Å². The number of alkyl halides is 3. The van der Waals surface area contributed by atoms with Gasteiger partial charge >= 0.3 is 12.2 Å². The van der Waals surface area contributed by atoms with Crippen molar-refractivity contribution in [2.45, 2.75) is 44.8 Å². The Hall–Kier alpha value is -3.19. The number of anilines is 1. The summed E-state index contributed by atoms with van der Waals surface area (Å²) in [5, 5.41) is 8.19. The molecule has 190 valence electrons. The average Bonchev–Trinajstić information content (AvgIpc) is 3.03. The van der Waals surface area contributed by atoms with Crippen molar-refractivity contribution in [2.24, 2.45) is 0 Å². The fourth-order valence-electron chi connectivity index (χ4n) is 4.40. The van der Waals surface area contributed by atoms with Gasteiger partial charge in [-0.15, -0.1) is 0 Å². The lowest BCUT2D eigenvalue weighted by atomic mass is 9.99. The van der Waals surface area contributed by atoms with Crippen LogP contribution >= 0.6 is 0 Å². The Balaban J connectivity index is 1.59. The van der Waals surface area contributed by atoms with Gasteiger partial charge in [-0.25, -0.2) is 14.2 Å². The normalized spacial score (nSPS) is 20.5. The average molecular weight is 498 g/mol. The molecule has 0 saturated heterocycles. The summed E-state index contributed by atoms with van der Waals surface area (Å²) < 4.78 is 54.4. The monoisotopic (exact) mass is 498 g/mol. The van der Waals surface area contributed by atoms with Crippen molar-refractivity contribution in [3.63, 3.8) is 0 Å². The SMILES string of the molecule is C[C@@H]1Cc2nn3c(c2CN1C(=O)Nc1ccc(F)c(C(F)(F)F)c1)C(=O)N(C)OC(CN(C)C)C3. The van der Waals surface area contributed by atoms with Crippen molar-refractivity contribution in [1.29, 1.82) is 0 Å². The summed E-state index contributed by atoms with van der Waals surface area (Å²) in [6.45, 7) is 2.71. The number of amides is 3. The number of likely N-dealkylation sites (N-methyl/N-ethyl adjacent to an activating group) is 1. The lowest BCUT2D eigenvalue weighted by Crippen LogP contribution is -2.45. The van der Waals surface area contributed by atoms with Gasteiger partial charge in [-0.2, -0.15) is 18.3 Å². The van der Waals surface area contributed by atoms with Crippen LogP contribution in [-0.4, -0.2) is 76.4 Å². The molecule has 1 aromatic heterocycles. The van der Waals surface area contributed by atoms with Gasteiger partial charge in [0.25, 0.3) is 5.91 Å². The van der Waals surface area contributed by atoms with Gasteiger partial charge in [0, 0.05) is 37.3 Å². The predicted octanol–water partition coefficient (Wildman–Crippen LogP) is 2.97. The van der Waals surface area contributed by atoms with Crippen LogP contribution in [0, 0.1) is 5.82 Å². The lowest BCUT2D eigenvalue weighted by Gasteiger charge is -2.33. The third kappa shape index (κ3) is 4.96. The first kappa shape index (κ1) is 24.9. The third-order valence-corrected chi connectivity index (χ3v) is 6.01. The van der Waals surface area contributed by atoms with Crippen LogP contribution in [0.15, 0.2) is 18.2 Å². The molecule has 0 radical (unpaired) electrons. The highest BCUT2D eigenvalue weighted by atomic mass is 19.4. The summed E-state index contributed by atoms with van der Waals surface area (Å²) in [6.07, 6.45) is -4.86. The van der Waals surface area contributed by atoms with Gasteiger partial charge in [-0.1, -0.05) is 0 Å². The van der Waals surface area contributed by atoms with E-state index < -0.39 is 29.5 Å². The zero-order chi connectivity index (χ0) is 25.7. The maximum atomic E-state index is 13.6. The van der Waals surface area contributed by atoms with Crippen molar-refractivity contribution >= 4 is 17.6 Å². The number of hydrogen-bond acceptors (Lipinski definition) is 5. The molecule has 0 spiro atoms. The number of nitrogens with one attached hydrogen (secondary N) is 1. The number of halogens is 4.